The Kier molecular flexibility index (Phi) is 3.64. The fourth-order valence-corrected chi connectivity index (χ4v) is 1.02. The molecule has 0 atom stereocenters. The predicted octanol–water partition coefficient (Wildman–Crippen LogP) is 3.34. The van der Waals surface area contributed by atoms with Crippen LogP contribution in [-0.2, 0) is 0 Å². The van der Waals surface area contributed by atoms with E-state index in [1.165, 1.54) is 0 Å². The molecule has 0 spiro atoms. The minimum Gasteiger partial charge on any atom is -0.151 e. The van der Waals surface area contributed by atoms with Crippen LogP contribution in [0.2, 0.25) is 0 Å². The standard InChI is InChI=1S/C8H17S/c1-7(2)6-9-8(3,4)5/h6-7H,1-5H3. The van der Waals surface area contributed by atoms with Crippen molar-refractivity contribution in [3.05, 3.63) is 5.75 Å². The van der Waals surface area contributed by atoms with E-state index in [0.717, 1.165) is 0 Å². The minimum absolute atomic E-state index is 0.393. The summed E-state index contributed by atoms with van der Waals surface area (Å²) in [5.74, 6) is 2.99. The first-order valence-electron chi connectivity index (χ1n) is 3.43. The van der Waals surface area contributed by atoms with Crippen LogP contribution in [0.3, 0.4) is 0 Å². The number of hydrogen-bond donors (Lipinski definition) is 0. The van der Waals surface area contributed by atoms with Gasteiger partial charge in [-0.2, -0.15) is 11.8 Å². The summed E-state index contributed by atoms with van der Waals surface area (Å²) in [5.41, 5.74) is 0. The second-order valence-corrected chi connectivity index (χ2v) is 5.34. The van der Waals surface area contributed by atoms with E-state index in [-0.39, 0.29) is 0 Å². The highest BCUT2D eigenvalue weighted by Crippen LogP contribution is 2.28. The maximum atomic E-state index is 2.29. The molecule has 55 valence electrons. The molecule has 0 saturated carbocycles. The Bertz CT molecular complexity index is 69.1. The lowest BCUT2D eigenvalue weighted by molar-refractivity contribution is 0.778. The van der Waals surface area contributed by atoms with Crippen LogP contribution in [0.25, 0.3) is 0 Å². The molecule has 0 aromatic heterocycles. The van der Waals surface area contributed by atoms with Crippen molar-refractivity contribution in [2.45, 2.75) is 39.4 Å². The van der Waals surface area contributed by atoms with Crippen molar-refractivity contribution >= 4 is 11.8 Å². The van der Waals surface area contributed by atoms with Crippen LogP contribution >= 0.6 is 11.8 Å². The first kappa shape index (κ1) is 9.35. The smallest absolute Gasteiger partial charge is 0.0197 e. The zero-order valence-corrected chi connectivity index (χ0v) is 7.88. The Balaban J connectivity index is 3.28. The molecule has 0 aliphatic carbocycles. The second kappa shape index (κ2) is 3.50. The molecule has 0 unspecified atom stereocenters. The third-order valence-corrected chi connectivity index (χ3v) is 2.08. The summed E-state index contributed by atoms with van der Waals surface area (Å²) in [4.78, 5) is 0. The van der Waals surface area contributed by atoms with Gasteiger partial charge in [0.25, 0.3) is 0 Å². The van der Waals surface area contributed by atoms with E-state index >= 15 is 0 Å². The maximum Gasteiger partial charge on any atom is 0.0197 e. The highest BCUT2D eigenvalue weighted by Gasteiger charge is 2.10. The summed E-state index contributed by atoms with van der Waals surface area (Å²) in [7, 11) is 0. The molecule has 0 aliphatic heterocycles. The van der Waals surface area contributed by atoms with Gasteiger partial charge in [-0.15, -0.1) is 0 Å². The summed E-state index contributed by atoms with van der Waals surface area (Å²) in [6, 6.07) is 0. The van der Waals surface area contributed by atoms with Gasteiger partial charge in [0.05, 0.1) is 0 Å². The van der Waals surface area contributed by atoms with Crippen LogP contribution < -0.4 is 0 Å². The lowest BCUT2D eigenvalue weighted by Crippen LogP contribution is -2.07. The van der Waals surface area contributed by atoms with E-state index in [1.54, 1.807) is 0 Å². The number of hydrogen-bond acceptors (Lipinski definition) is 1. The van der Waals surface area contributed by atoms with Gasteiger partial charge in [0.1, 0.15) is 0 Å². The molecule has 1 radical (unpaired) electrons. The van der Waals surface area contributed by atoms with Gasteiger partial charge in [-0.25, -0.2) is 0 Å². The van der Waals surface area contributed by atoms with Crippen LogP contribution in [0.1, 0.15) is 34.6 Å². The molecular formula is C8H17S. The first-order chi connectivity index (χ1) is 3.92. The van der Waals surface area contributed by atoms with Gasteiger partial charge >= 0.3 is 0 Å². The molecule has 0 fully saturated rings. The lowest BCUT2D eigenvalue weighted by atomic mass is 10.2. The molecule has 0 aliphatic rings. The van der Waals surface area contributed by atoms with Gasteiger partial charge in [-0.3, -0.25) is 0 Å². The third kappa shape index (κ3) is 8.35. The Morgan fingerprint density at radius 1 is 1.22 bits per heavy atom. The van der Waals surface area contributed by atoms with Gasteiger partial charge in [0, 0.05) is 10.5 Å². The normalized spacial score (nSPS) is 12.7. The molecule has 0 N–H and O–H groups in total. The Morgan fingerprint density at radius 3 is 1.78 bits per heavy atom. The lowest BCUT2D eigenvalue weighted by Gasteiger charge is -2.18. The summed E-state index contributed by atoms with van der Waals surface area (Å²) < 4.78 is 0.393. The molecule has 0 saturated heterocycles. The topological polar surface area (TPSA) is 0 Å². The maximum absolute atomic E-state index is 2.29. The zero-order valence-electron chi connectivity index (χ0n) is 7.06. The van der Waals surface area contributed by atoms with Gasteiger partial charge in [-0.05, 0) is 5.92 Å². The molecule has 1 heteroatoms. The van der Waals surface area contributed by atoms with Crippen molar-refractivity contribution in [2.24, 2.45) is 5.92 Å². The van der Waals surface area contributed by atoms with E-state index in [9.17, 15) is 0 Å². The Hall–Kier alpha value is 0.350. The van der Waals surface area contributed by atoms with Gasteiger partial charge in [0.2, 0.25) is 0 Å². The van der Waals surface area contributed by atoms with Crippen molar-refractivity contribution < 1.29 is 0 Å². The summed E-state index contributed by atoms with van der Waals surface area (Å²) in [6.45, 7) is 11.1. The second-order valence-electron chi connectivity index (χ2n) is 3.61. The molecule has 0 bridgehead atoms. The van der Waals surface area contributed by atoms with Gasteiger partial charge in [0.15, 0.2) is 0 Å². The summed E-state index contributed by atoms with van der Waals surface area (Å²) >= 11 is 1.92. The van der Waals surface area contributed by atoms with Crippen molar-refractivity contribution in [2.75, 3.05) is 0 Å². The number of thioether (sulfide) groups is 1. The number of rotatable bonds is 2. The molecule has 0 nitrogen and oxygen atoms in total. The minimum atomic E-state index is 0.393. The van der Waals surface area contributed by atoms with E-state index in [4.69, 9.17) is 0 Å². The molecule has 0 rings (SSSR count). The first-order valence-corrected chi connectivity index (χ1v) is 4.31. The van der Waals surface area contributed by atoms with Crippen molar-refractivity contribution in [1.29, 1.82) is 0 Å². The van der Waals surface area contributed by atoms with Crippen LogP contribution in [0.4, 0.5) is 0 Å². The third-order valence-electron chi connectivity index (χ3n) is 0.694. The molecule has 0 amide bonds. The fourth-order valence-electron chi connectivity index (χ4n) is 0.340. The summed E-state index contributed by atoms with van der Waals surface area (Å²) in [5, 5.41) is 0. The largest absolute Gasteiger partial charge is 0.151 e. The SMILES string of the molecule is CC(C)[CH]SC(C)(C)C. The average molecular weight is 145 g/mol. The fraction of sp³-hybridized carbons (Fsp3) is 0.875. The van der Waals surface area contributed by atoms with Crippen LogP contribution in [0.15, 0.2) is 0 Å². The quantitative estimate of drug-likeness (QED) is 0.574. The van der Waals surface area contributed by atoms with Gasteiger partial charge < -0.3 is 0 Å². The Morgan fingerprint density at radius 2 is 1.67 bits per heavy atom. The highest BCUT2D eigenvalue weighted by atomic mass is 32.2. The molecule has 0 aromatic rings. The monoisotopic (exact) mass is 145 g/mol. The molecular weight excluding hydrogens is 128 g/mol. The van der Waals surface area contributed by atoms with E-state index in [1.807, 2.05) is 11.8 Å². The summed E-state index contributed by atoms with van der Waals surface area (Å²) in [6.07, 6.45) is 0. The van der Waals surface area contributed by atoms with E-state index in [0.29, 0.717) is 10.7 Å². The average Bonchev–Trinajstić information content (AvgIpc) is 1.59. The predicted molar refractivity (Wildman–Crippen MR) is 46.5 cm³/mol. The van der Waals surface area contributed by atoms with Crippen LogP contribution in [0, 0.1) is 11.7 Å². The molecule has 0 heterocycles. The molecule has 9 heavy (non-hydrogen) atoms. The van der Waals surface area contributed by atoms with Crippen molar-refractivity contribution in [3.8, 4) is 0 Å². The highest BCUT2D eigenvalue weighted by molar-refractivity contribution is 8.02. The van der Waals surface area contributed by atoms with Crippen LogP contribution in [-0.4, -0.2) is 4.75 Å². The Labute approximate surface area is 63.4 Å². The van der Waals surface area contributed by atoms with Crippen molar-refractivity contribution in [3.63, 3.8) is 0 Å². The van der Waals surface area contributed by atoms with Crippen LogP contribution in [0.5, 0.6) is 0 Å². The zero-order chi connectivity index (χ0) is 7.49. The van der Waals surface area contributed by atoms with Gasteiger partial charge in [-0.1, -0.05) is 34.6 Å². The molecule has 0 aromatic carbocycles. The van der Waals surface area contributed by atoms with Crippen molar-refractivity contribution in [1.82, 2.24) is 0 Å². The van der Waals surface area contributed by atoms with E-state index in [2.05, 4.69) is 40.4 Å². The van der Waals surface area contributed by atoms with E-state index < -0.39 is 0 Å².